The van der Waals surface area contributed by atoms with E-state index in [4.69, 9.17) is 9.72 Å². The summed E-state index contributed by atoms with van der Waals surface area (Å²) in [6.07, 6.45) is 8.47. The number of fused-ring (bicyclic) bond motifs is 1. The maximum atomic E-state index is 13.4. The fraction of sp³-hybridized carbons (Fsp3) is 0.379. The van der Waals surface area contributed by atoms with Gasteiger partial charge in [0.25, 0.3) is 5.56 Å². The van der Waals surface area contributed by atoms with E-state index in [9.17, 15) is 4.79 Å². The number of rotatable bonds is 7. The summed E-state index contributed by atoms with van der Waals surface area (Å²) in [6.45, 7) is 4.59. The van der Waals surface area contributed by atoms with Gasteiger partial charge in [0.05, 0.1) is 11.3 Å². The lowest BCUT2D eigenvalue weighted by Crippen LogP contribution is -2.35. The Kier molecular flexibility index (Phi) is 6.34. The van der Waals surface area contributed by atoms with Gasteiger partial charge in [-0.15, -0.1) is 0 Å². The summed E-state index contributed by atoms with van der Waals surface area (Å²) in [7, 11) is 2.15. The third-order valence-corrected chi connectivity index (χ3v) is 7.33. The van der Waals surface area contributed by atoms with Gasteiger partial charge >= 0.3 is 0 Å². The minimum atomic E-state index is -0.0956. The molecule has 4 heterocycles. The molecule has 0 atom stereocenters. The van der Waals surface area contributed by atoms with Crippen molar-refractivity contribution in [3.8, 4) is 17.0 Å². The van der Waals surface area contributed by atoms with Crippen molar-refractivity contribution in [2.45, 2.75) is 51.2 Å². The summed E-state index contributed by atoms with van der Waals surface area (Å²) in [5.41, 5.74) is 3.87. The van der Waals surface area contributed by atoms with Gasteiger partial charge in [-0.2, -0.15) is 4.98 Å². The monoisotopic (exact) mass is 496 g/mol. The maximum absolute atomic E-state index is 13.4. The molecule has 2 fully saturated rings. The summed E-state index contributed by atoms with van der Waals surface area (Å²) in [5, 5.41) is 4.06. The second kappa shape index (κ2) is 9.94. The van der Waals surface area contributed by atoms with Gasteiger partial charge in [0.1, 0.15) is 17.5 Å². The second-order valence-electron chi connectivity index (χ2n) is 10.1. The maximum Gasteiger partial charge on any atom is 0.261 e. The Hall–Kier alpha value is -3.78. The van der Waals surface area contributed by atoms with Crippen LogP contribution in [0.1, 0.15) is 44.1 Å². The van der Waals surface area contributed by atoms with Crippen molar-refractivity contribution in [3.63, 3.8) is 0 Å². The lowest BCUT2D eigenvalue weighted by Gasteiger charge is -2.29. The van der Waals surface area contributed by atoms with Crippen LogP contribution in [-0.4, -0.2) is 50.7 Å². The van der Waals surface area contributed by atoms with E-state index in [1.807, 2.05) is 49.5 Å². The highest BCUT2D eigenvalue weighted by atomic mass is 16.5. The SMILES string of the molecule is CCn1c(=O)c(-c2ccc(C3CC3)cn2)cc2cnc(Nc3ccc(OC4CCN(C)CC4)cc3)nc21. The minimum absolute atomic E-state index is 0.0956. The van der Waals surface area contributed by atoms with Gasteiger partial charge < -0.3 is 15.0 Å². The zero-order valence-corrected chi connectivity index (χ0v) is 21.4. The molecule has 1 saturated heterocycles. The quantitative estimate of drug-likeness (QED) is 0.387. The Morgan fingerprint density at radius 1 is 1.00 bits per heavy atom. The summed E-state index contributed by atoms with van der Waals surface area (Å²) < 4.78 is 7.84. The molecule has 0 spiro atoms. The fourth-order valence-corrected chi connectivity index (χ4v) is 4.96. The second-order valence-corrected chi connectivity index (χ2v) is 10.1. The predicted molar refractivity (Wildman–Crippen MR) is 146 cm³/mol. The molecule has 1 N–H and O–H groups in total. The third kappa shape index (κ3) is 5.06. The highest BCUT2D eigenvalue weighted by Gasteiger charge is 2.24. The predicted octanol–water partition coefficient (Wildman–Crippen LogP) is 4.97. The van der Waals surface area contributed by atoms with Gasteiger partial charge in [-0.05, 0) is 87.5 Å². The first-order valence-electron chi connectivity index (χ1n) is 13.2. The van der Waals surface area contributed by atoms with Crippen LogP contribution >= 0.6 is 0 Å². The Labute approximate surface area is 216 Å². The smallest absolute Gasteiger partial charge is 0.261 e. The summed E-state index contributed by atoms with van der Waals surface area (Å²) >= 11 is 0. The van der Waals surface area contributed by atoms with Gasteiger partial charge in [0.15, 0.2) is 0 Å². The van der Waals surface area contributed by atoms with E-state index in [0.717, 1.165) is 42.8 Å². The van der Waals surface area contributed by atoms with Crippen molar-refractivity contribution in [3.05, 3.63) is 70.8 Å². The minimum Gasteiger partial charge on any atom is -0.490 e. The molecule has 1 aliphatic carbocycles. The number of likely N-dealkylation sites (tertiary alicyclic amines) is 1. The number of hydrogen-bond donors (Lipinski definition) is 1. The molecule has 2 aliphatic rings. The number of nitrogens with zero attached hydrogens (tertiary/aromatic N) is 5. The van der Waals surface area contributed by atoms with Crippen LogP contribution in [0.2, 0.25) is 0 Å². The van der Waals surface area contributed by atoms with Crippen molar-refractivity contribution >= 4 is 22.7 Å². The number of benzene rings is 1. The van der Waals surface area contributed by atoms with Gasteiger partial charge in [0, 0.05) is 43.1 Å². The Morgan fingerprint density at radius 2 is 1.78 bits per heavy atom. The molecule has 1 saturated carbocycles. The molecule has 0 radical (unpaired) electrons. The van der Waals surface area contributed by atoms with Crippen LogP contribution in [0.5, 0.6) is 5.75 Å². The molecule has 3 aromatic heterocycles. The van der Waals surface area contributed by atoms with Crippen molar-refractivity contribution in [1.29, 1.82) is 0 Å². The van der Waals surface area contributed by atoms with E-state index in [1.54, 1.807) is 10.8 Å². The van der Waals surface area contributed by atoms with Gasteiger partial charge in [-0.25, -0.2) is 4.98 Å². The van der Waals surface area contributed by atoms with Crippen LogP contribution in [-0.2, 0) is 6.54 Å². The van der Waals surface area contributed by atoms with Crippen LogP contribution in [0.15, 0.2) is 59.7 Å². The van der Waals surface area contributed by atoms with Gasteiger partial charge in [-0.3, -0.25) is 14.3 Å². The molecule has 0 bridgehead atoms. The van der Waals surface area contributed by atoms with Crippen LogP contribution in [0, 0.1) is 0 Å². The van der Waals surface area contributed by atoms with E-state index in [-0.39, 0.29) is 11.7 Å². The molecule has 1 aliphatic heterocycles. The molecule has 0 amide bonds. The zero-order valence-electron chi connectivity index (χ0n) is 21.4. The summed E-state index contributed by atoms with van der Waals surface area (Å²) in [6, 6.07) is 13.8. The number of hydrogen-bond acceptors (Lipinski definition) is 7. The van der Waals surface area contributed by atoms with Crippen molar-refractivity contribution < 1.29 is 4.74 Å². The van der Waals surface area contributed by atoms with Crippen LogP contribution < -0.4 is 15.6 Å². The third-order valence-electron chi connectivity index (χ3n) is 7.33. The van der Waals surface area contributed by atoms with Crippen LogP contribution in [0.25, 0.3) is 22.3 Å². The number of pyridine rings is 2. The number of anilines is 2. The Bertz CT molecular complexity index is 1450. The lowest BCUT2D eigenvalue weighted by atomic mass is 10.1. The van der Waals surface area contributed by atoms with Gasteiger partial charge in [0.2, 0.25) is 5.95 Å². The summed E-state index contributed by atoms with van der Waals surface area (Å²) in [4.78, 5) is 29.5. The average Bonchev–Trinajstić information content (AvgIpc) is 3.77. The molecule has 6 rings (SSSR count). The van der Waals surface area contributed by atoms with Crippen molar-refractivity contribution in [2.24, 2.45) is 0 Å². The first-order valence-corrected chi connectivity index (χ1v) is 13.2. The molecular weight excluding hydrogens is 464 g/mol. The molecule has 1 aromatic carbocycles. The van der Waals surface area contributed by atoms with E-state index in [2.05, 4.69) is 33.3 Å². The van der Waals surface area contributed by atoms with Crippen LogP contribution in [0.4, 0.5) is 11.6 Å². The van der Waals surface area contributed by atoms with Gasteiger partial charge in [-0.1, -0.05) is 6.07 Å². The highest BCUT2D eigenvalue weighted by molar-refractivity contribution is 5.81. The first-order chi connectivity index (χ1) is 18.1. The number of ether oxygens (including phenoxy) is 1. The number of aromatic nitrogens is 4. The normalized spacial score (nSPS) is 16.7. The fourth-order valence-electron chi connectivity index (χ4n) is 4.96. The van der Waals surface area contributed by atoms with Crippen molar-refractivity contribution in [2.75, 3.05) is 25.5 Å². The standard InChI is InChI=1S/C29H32N6O2/c1-3-35-27-21(16-25(28(35)36)26-11-6-20(17-30-26)19-4-5-19)18-31-29(33-27)32-22-7-9-23(10-8-22)37-24-12-14-34(2)15-13-24/h6-11,16-19,24H,3-5,12-15H2,1-2H3,(H,31,32,33). The highest BCUT2D eigenvalue weighted by Crippen LogP contribution is 2.39. The molecule has 4 aromatic rings. The number of piperidine rings is 1. The topological polar surface area (TPSA) is 85.2 Å². The van der Waals surface area contributed by atoms with Crippen LogP contribution in [0.3, 0.4) is 0 Å². The largest absolute Gasteiger partial charge is 0.490 e. The van der Waals surface area contributed by atoms with E-state index >= 15 is 0 Å². The molecule has 0 unspecified atom stereocenters. The zero-order chi connectivity index (χ0) is 25.4. The average molecular weight is 497 g/mol. The van der Waals surface area contributed by atoms with E-state index in [1.165, 1.54) is 18.4 Å². The first kappa shape index (κ1) is 23.6. The number of nitrogens with one attached hydrogen (secondary N) is 1. The Balaban J connectivity index is 1.22. The summed E-state index contributed by atoms with van der Waals surface area (Å²) in [5.74, 6) is 1.94. The van der Waals surface area contributed by atoms with Crippen molar-refractivity contribution in [1.82, 2.24) is 24.4 Å². The van der Waals surface area contributed by atoms with E-state index < -0.39 is 0 Å². The molecule has 8 heteroatoms. The molecular formula is C29H32N6O2. The molecule has 37 heavy (non-hydrogen) atoms. The number of aryl methyl sites for hydroxylation is 1. The Morgan fingerprint density at radius 3 is 2.46 bits per heavy atom. The molecule has 8 nitrogen and oxygen atoms in total. The molecule has 190 valence electrons. The lowest BCUT2D eigenvalue weighted by molar-refractivity contribution is 0.114. The van der Waals surface area contributed by atoms with E-state index in [0.29, 0.717) is 35.3 Å².